The number of aryl methyl sites for hydroxylation is 1. The van der Waals surface area contributed by atoms with Crippen LogP contribution in [-0.2, 0) is 11.2 Å². The van der Waals surface area contributed by atoms with E-state index in [0.717, 1.165) is 11.1 Å². The van der Waals surface area contributed by atoms with Gasteiger partial charge in [0.15, 0.2) is 0 Å². The van der Waals surface area contributed by atoms with Crippen molar-refractivity contribution in [1.29, 1.82) is 0 Å². The van der Waals surface area contributed by atoms with Crippen LogP contribution in [0.4, 0.5) is 13.2 Å². The molecule has 0 saturated heterocycles. The summed E-state index contributed by atoms with van der Waals surface area (Å²) in [7, 11) is 0. The van der Waals surface area contributed by atoms with Gasteiger partial charge in [-0.3, -0.25) is 11.3 Å². The molecule has 1 aromatic carbocycles. The number of nitrogens with two attached hydrogens (primary N) is 1. The minimum atomic E-state index is -4.30. The molecule has 7 heteroatoms. The van der Waals surface area contributed by atoms with Crippen LogP contribution in [0.5, 0.6) is 0 Å². The van der Waals surface area contributed by atoms with E-state index in [1.54, 1.807) is 0 Å². The third-order valence-corrected chi connectivity index (χ3v) is 3.14. The minimum absolute atomic E-state index is 0.0160. The second-order valence-electron chi connectivity index (χ2n) is 4.62. The van der Waals surface area contributed by atoms with Crippen molar-refractivity contribution in [3.63, 3.8) is 0 Å². The van der Waals surface area contributed by atoms with E-state index in [4.69, 9.17) is 17.4 Å². The number of halogens is 4. The number of ether oxygens (including phenoxy) is 1. The molecule has 0 heterocycles. The zero-order valence-electron chi connectivity index (χ0n) is 11.1. The summed E-state index contributed by atoms with van der Waals surface area (Å²) in [6.45, 7) is 0.673. The van der Waals surface area contributed by atoms with Gasteiger partial charge in [0.2, 0.25) is 0 Å². The van der Waals surface area contributed by atoms with Crippen LogP contribution in [0.25, 0.3) is 0 Å². The Labute approximate surface area is 121 Å². The Hall–Kier alpha value is -0.820. The summed E-state index contributed by atoms with van der Waals surface area (Å²) >= 11 is 6.10. The first-order valence-corrected chi connectivity index (χ1v) is 6.55. The highest BCUT2D eigenvalue weighted by atomic mass is 35.5. The first-order valence-electron chi connectivity index (χ1n) is 6.17. The highest BCUT2D eigenvalue weighted by molar-refractivity contribution is 6.31. The quantitative estimate of drug-likeness (QED) is 0.462. The van der Waals surface area contributed by atoms with Crippen molar-refractivity contribution in [3.05, 3.63) is 34.3 Å². The molecule has 20 heavy (non-hydrogen) atoms. The lowest BCUT2D eigenvalue weighted by atomic mass is 10.0. The molecule has 3 nitrogen and oxygen atoms in total. The van der Waals surface area contributed by atoms with Crippen LogP contribution in [0.1, 0.15) is 17.5 Å². The van der Waals surface area contributed by atoms with E-state index in [1.165, 1.54) is 0 Å². The van der Waals surface area contributed by atoms with Gasteiger partial charge >= 0.3 is 6.18 Å². The lowest BCUT2D eigenvalue weighted by Crippen LogP contribution is -2.38. The zero-order valence-corrected chi connectivity index (χ0v) is 11.9. The van der Waals surface area contributed by atoms with Gasteiger partial charge < -0.3 is 4.74 Å². The van der Waals surface area contributed by atoms with E-state index in [9.17, 15) is 13.2 Å². The summed E-state index contributed by atoms with van der Waals surface area (Å²) in [4.78, 5) is 0. The van der Waals surface area contributed by atoms with Crippen molar-refractivity contribution in [1.82, 2.24) is 5.43 Å². The first kappa shape index (κ1) is 17.2. The Morgan fingerprint density at radius 1 is 1.40 bits per heavy atom. The number of nitrogens with one attached hydrogen (secondary N) is 1. The van der Waals surface area contributed by atoms with Gasteiger partial charge in [-0.15, -0.1) is 0 Å². The van der Waals surface area contributed by atoms with Gasteiger partial charge in [-0.2, -0.15) is 13.2 Å². The molecule has 1 rings (SSSR count). The number of hydrogen-bond acceptors (Lipinski definition) is 3. The third kappa shape index (κ3) is 6.56. The molecule has 0 spiro atoms. The minimum Gasteiger partial charge on any atom is -0.372 e. The van der Waals surface area contributed by atoms with Gasteiger partial charge in [-0.1, -0.05) is 23.7 Å². The Morgan fingerprint density at radius 3 is 2.65 bits per heavy atom. The topological polar surface area (TPSA) is 47.3 Å². The fraction of sp³-hybridized carbons (Fsp3) is 0.538. The van der Waals surface area contributed by atoms with Crippen LogP contribution in [0.2, 0.25) is 5.02 Å². The Kier molecular flexibility index (Phi) is 6.75. The van der Waals surface area contributed by atoms with Crippen LogP contribution in [-0.4, -0.2) is 25.4 Å². The van der Waals surface area contributed by atoms with Crippen molar-refractivity contribution in [3.8, 4) is 0 Å². The monoisotopic (exact) mass is 310 g/mol. The van der Waals surface area contributed by atoms with Crippen molar-refractivity contribution in [2.45, 2.75) is 32.0 Å². The van der Waals surface area contributed by atoms with Crippen molar-refractivity contribution in [2.24, 2.45) is 5.84 Å². The molecule has 114 valence electrons. The Balaban J connectivity index is 2.43. The SMILES string of the molecule is Cc1ccc(CC(CCOCC(F)(F)F)NN)c(Cl)c1. The predicted octanol–water partition coefficient (Wildman–Crippen LogP) is 2.99. The fourth-order valence-corrected chi connectivity index (χ4v) is 2.05. The Morgan fingerprint density at radius 2 is 2.10 bits per heavy atom. The van der Waals surface area contributed by atoms with Crippen LogP contribution in [0.3, 0.4) is 0 Å². The Bertz CT molecular complexity index is 427. The molecular formula is C13H18ClF3N2O. The molecule has 0 radical (unpaired) electrons. The maximum Gasteiger partial charge on any atom is 0.411 e. The van der Waals surface area contributed by atoms with Gasteiger partial charge in [-0.25, -0.2) is 0 Å². The van der Waals surface area contributed by atoms with E-state index in [2.05, 4.69) is 10.2 Å². The lowest BCUT2D eigenvalue weighted by molar-refractivity contribution is -0.174. The molecule has 0 aliphatic carbocycles. The number of benzene rings is 1. The second-order valence-corrected chi connectivity index (χ2v) is 5.03. The van der Waals surface area contributed by atoms with Crippen molar-refractivity contribution < 1.29 is 17.9 Å². The lowest BCUT2D eigenvalue weighted by Gasteiger charge is -2.17. The molecule has 1 unspecified atom stereocenters. The maximum absolute atomic E-state index is 11.9. The van der Waals surface area contributed by atoms with E-state index in [-0.39, 0.29) is 12.6 Å². The molecule has 0 amide bonds. The summed E-state index contributed by atoms with van der Waals surface area (Å²) in [5.74, 6) is 5.40. The van der Waals surface area contributed by atoms with Crippen LogP contribution >= 0.6 is 11.6 Å². The van der Waals surface area contributed by atoms with Crippen molar-refractivity contribution in [2.75, 3.05) is 13.2 Å². The third-order valence-electron chi connectivity index (χ3n) is 2.79. The zero-order chi connectivity index (χ0) is 15.2. The molecule has 0 aromatic heterocycles. The van der Waals surface area contributed by atoms with Crippen LogP contribution < -0.4 is 11.3 Å². The predicted molar refractivity (Wildman–Crippen MR) is 72.5 cm³/mol. The highest BCUT2D eigenvalue weighted by Gasteiger charge is 2.27. The van der Waals surface area contributed by atoms with E-state index < -0.39 is 12.8 Å². The molecule has 0 bridgehead atoms. The normalized spacial score (nSPS) is 13.5. The van der Waals surface area contributed by atoms with Gasteiger partial charge in [0.25, 0.3) is 0 Å². The summed E-state index contributed by atoms with van der Waals surface area (Å²) in [5, 5.41) is 0.626. The summed E-state index contributed by atoms with van der Waals surface area (Å²) in [6, 6.07) is 5.46. The number of alkyl halides is 3. The molecule has 1 atom stereocenters. The molecule has 3 N–H and O–H groups in total. The largest absolute Gasteiger partial charge is 0.411 e. The average molecular weight is 311 g/mol. The summed E-state index contributed by atoms with van der Waals surface area (Å²) in [5.41, 5.74) is 4.52. The molecular weight excluding hydrogens is 293 g/mol. The van der Waals surface area contributed by atoms with E-state index >= 15 is 0 Å². The molecule has 1 aromatic rings. The van der Waals surface area contributed by atoms with E-state index in [0.29, 0.717) is 17.9 Å². The molecule has 0 fully saturated rings. The molecule has 0 aliphatic heterocycles. The standard InChI is InChI=1S/C13H18ClF3N2O/c1-9-2-3-10(12(14)6-9)7-11(19-18)4-5-20-8-13(15,16)17/h2-3,6,11,19H,4-5,7-8,18H2,1H3. The van der Waals surface area contributed by atoms with Gasteiger partial charge in [0, 0.05) is 17.7 Å². The highest BCUT2D eigenvalue weighted by Crippen LogP contribution is 2.20. The van der Waals surface area contributed by atoms with E-state index in [1.807, 2.05) is 25.1 Å². The maximum atomic E-state index is 11.9. The first-order chi connectivity index (χ1) is 9.31. The van der Waals surface area contributed by atoms with Gasteiger partial charge in [0.1, 0.15) is 6.61 Å². The second kappa shape index (κ2) is 7.83. The average Bonchev–Trinajstić information content (AvgIpc) is 2.34. The number of rotatable bonds is 7. The smallest absolute Gasteiger partial charge is 0.372 e. The molecule has 0 aliphatic rings. The number of hydrogen-bond donors (Lipinski definition) is 2. The van der Waals surface area contributed by atoms with Crippen LogP contribution in [0, 0.1) is 6.92 Å². The van der Waals surface area contributed by atoms with Gasteiger partial charge in [-0.05, 0) is 37.0 Å². The summed E-state index contributed by atoms with van der Waals surface area (Å²) < 4.78 is 40.3. The molecule has 0 saturated carbocycles. The van der Waals surface area contributed by atoms with Crippen LogP contribution in [0.15, 0.2) is 18.2 Å². The number of hydrazine groups is 1. The summed E-state index contributed by atoms with van der Waals surface area (Å²) in [6.07, 6.45) is -3.40. The van der Waals surface area contributed by atoms with Gasteiger partial charge in [0.05, 0.1) is 0 Å². The fourth-order valence-electron chi connectivity index (χ4n) is 1.74. The van der Waals surface area contributed by atoms with Crippen molar-refractivity contribution >= 4 is 11.6 Å².